The molecular weight excluding hydrogens is 500 g/mol. The number of imide groups is 1. The van der Waals surface area contributed by atoms with Crippen molar-refractivity contribution in [2.45, 2.75) is 38.3 Å². The predicted octanol–water partition coefficient (Wildman–Crippen LogP) is 2.02. The number of ether oxygens (including phenoxy) is 1. The van der Waals surface area contributed by atoms with Gasteiger partial charge in [-0.3, -0.25) is 24.5 Å². The Kier molecular flexibility index (Phi) is 6.04. The van der Waals surface area contributed by atoms with Gasteiger partial charge < -0.3 is 15.8 Å². The Morgan fingerprint density at radius 2 is 1.81 bits per heavy atom. The molecule has 0 saturated carbocycles. The lowest BCUT2D eigenvalue weighted by molar-refractivity contribution is -0.130. The third kappa shape index (κ3) is 3.62. The first-order chi connectivity index (χ1) is 17.6. The molecule has 2 aromatic carbocycles. The first-order valence-corrected chi connectivity index (χ1v) is 12.3. The van der Waals surface area contributed by atoms with E-state index in [1.165, 1.54) is 24.3 Å². The largest absolute Gasteiger partial charge is 0.462 e. The van der Waals surface area contributed by atoms with Gasteiger partial charge >= 0.3 is 5.97 Å². The van der Waals surface area contributed by atoms with Crippen LogP contribution < -0.4 is 21.3 Å². The van der Waals surface area contributed by atoms with E-state index < -0.39 is 53.0 Å². The van der Waals surface area contributed by atoms with E-state index in [0.29, 0.717) is 21.8 Å². The lowest BCUT2D eigenvalue weighted by atomic mass is 9.76. The number of primary amides is 1. The summed E-state index contributed by atoms with van der Waals surface area (Å²) in [5.74, 6) is -4.57. The van der Waals surface area contributed by atoms with Gasteiger partial charge in [-0.25, -0.2) is 9.69 Å². The summed E-state index contributed by atoms with van der Waals surface area (Å²) in [6.45, 7) is 3.66. The van der Waals surface area contributed by atoms with E-state index in [-0.39, 0.29) is 30.7 Å². The molecule has 192 valence electrons. The molecule has 0 radical (unpaired) electrons. The number of nitrogens with zero attached hydrogens (tertiary/aromatic N) is 1. The monoisotopic (exact) mass is 524 g/mol. The summed E-state index contributed by atoms with van der Waals surface area (Å²) in [5, 5.41) is 6.56. The van der Waals surface area contributed by atoms with Gasteiger partial charge in [-0.1, -0.05) is 17.7 Å². The maximum atomic E-state index is 13.9. The molecule has 10 nitrogen and oxygen atoms in total. The molecule has 4 amide bonds. The molecule has 0 aromatic heterocycles. The van der Waals surface area contributed by atoms with Crippen LogP contribution in [0.4, 0.5) is 11.4 Å². The van der Waals surface area contributed by atoms with Crippen LogP contribution in [-0.2, 0) is 29.5 Å². The number of anilines is 2. The van der Waals surface area contributed by atoms with Gasteiger partial charge in [0.05, 0.1) is 35.4 Å². The van der Waals surface area contributed by atoms with Crippen LogP contribution in [0.2, 0.25) is 5.02 Å². The molecule has 4 atom stereocenters. The molecule has 2 saturated heterocycles. The minimum Gasteiger partial charge on any atom is -0.462 e. The summed E-state index contributed by atoms with van der Waals surface area (Å²) >= 11 is 6.28. The van der Waals surface area contributed by atoms with Crippen LogP contribution in [0.1, 0.15) is 41.3 Å². The Morgan fingerprint density at radius 1 is 1.11 bits per heavy atom. The summed E-state index contributed by atoms with van der Waals surface area (Å²) in [6, 6.07) is 8.61. The van der Waals surface area contributed by atoms with E-state index in [1.54, 1.807) is 26.0 Å². The zero-order valence-electron chi connectivity index (χ0n) is 20.2. The molecule has 5 rings (SSSR count). The Balaban J connectivity index is 1.59. The summed E-state index contributed by atoms with van der Waals surface area (Å²) in [6.07, 6.45) is 0.142. The number of esters is 1. The molecule has 3 heterocycles. The molecule has 3 aliphatic heterocycles. The van der Waals surface area contributed by atoms with Crippen molar-refractivity contribution in [1.29, 1.82) is 0 Å². The van der Waals surface area contributed by atoms with Crippen molar-refractivity contribution in [3.63, 3.8) is 0 Å². The highest BCUT2D eigenvalue weighted by Crippen LogP contribution is 2.55. The fraction of sp³-hybridized carbons (Fsp3) is 0.346. The minimum atomic E-state index is -1.52. The SMILES string of the molecule is CCOC(=O)c1ccc(N2C(=O)[C@@H]3[C@@H](C2=O)[C@@]2(N[C@@H]3CCC(N)=O)C(=O)Nc3c2ccc(Cl)c3C)cc1. The van der Waals surface area contributed by atoms with Gasteiger partial charge in [0.15, 0.2) is 0 Å². The molecule has 11 heteroatoms. The molecule has 1 spiro atoms. The molecule has 0 unspecified atom stereocenters. The van der Waals surface area contributed by atoms with Crippen molar-refractivity contribution in [3.8, 4) is 0 Å². The van der Waals surface area contributed by atoms with Gasteiger partial charge in [-0.2, -0.15) is 0 Å². The summed E-state index contributed by atoms with van der Waals surface area (Å²) in [5.41, 5.74) is 6.06. The number of fused-ring (bicyclic) bond motifs is 4. The highest BCUT2D eigenvalue weighted by Gasteiger charge is 2.70. The van der Waals surface area contributed by atoms with Crippen LogP contribution >= 0.6 is 11.6 Å². The number of amides is 4. The number of hydrogen-bond acceptors (Lipinski definition) is 7. The second-order valence-electron chi connectivity index (χ2n) is 9.40. The van der Waals surface area contributed by atoms with Crippen molar-refractivity contribution in [1.82, 2.24) is 5.32 Å². The molecule has 2 fully saturated rings. The van der Waals surface area contributed by atoms with Crippen molar-refractivity contribution >= 4 is 52.6 Å². The summed E-state index contributed by atoms with van der Waals surface area (Å²) in [4.78, 5) is 66.0. The van der Waals surface area contributed by atoms with Gasteiger partial charge in [0.2, 0.25) is 23.6 Å². The lowest BCUT2D eigenvalue weighted by Crippen LogP contribution is -2.53. The number of carbonyl (C=O) groups is 5. The van der Waals surface area contributed by atoms with Gasteiger partial charge in [0.1, 0.15) is 5.54 Å². The van der Waals surface area contributed by atoms with Crippen LogP contribution in [0, 0.1) is 18.8 Å². The van der Waals surface area contributed by atoms with Crippen molar-refractivity contribution < 1.29 is 28.7 Å². The number of nitrogens with two attached hydrogens (primary N) is 1. The first kappa shape index (κ1) is 24.9. The molecule has 4 N–H and O–H groups in total. The van der Waals surface area contributed by atoms with Gasteiger partial charge in [-0.15, -0.1) is 0 Å². The standard InChI is InChI=1S/C26H25ClN4O6/c1-3-37-24(35)13-4-6-14(7-5-13)31-22(33)19-17(10-11-18(28)32)30-26(20(19)23(31)34)15-8-9-16(27)12(2)21(15)29-25(26)36/h4-9,17,19-20,30H,3,10-11H2,1-2H3,(H2,28,32)(H,29,36)/t17-,19+,20+,26-/m1/s1. The third-order valence-electron chi connectivity index (χ3n) is 7.42. The lowest BCUT2D eigenvalue weighted by Gasteiger charge is -2.29. The van der Waals surface area contributed by atoms with Crippen molar-refractivity contribution in [2.24, 2.45) is 17.6 Å². The first-order valence-electron chi connectivity index (χ1n) is 11.9. The second kappa shape index (κ2) is 8.97. The molecule has 3 aliphatic rings. The third-order valence-corrected chi connectivity index (χ3v) is 7.83. The number of rotatable bonds is 6. The van der Waals surface area contributed by atoms with E-state index in [0.717, 1.165) is 4.90 Å². The Bertz CT molecular complexity index is 1360. The second-order valence-corrected chi connectivity index (χ2v) is 9.80. The number of halogens is 1. The van der Waals surface area contributed by atoms with Crippen molar-refractivity contribution in [2.75, 3.05) is 16.8 Å². The summed E-state index contributed by atoms with van der Waals surface area (Å²) < 4.78 is 5.00. The summed E-state index contributed by atoms with van der Waals surface area (Å²) in [7, 11) is 0. The molecule has 37 heavy (non-hydrogen) atoms. The maximum Gasteiger partial charge on any atom is 0.338 e. The number of carbonyl (C=O) groups excluding carboxylic acids is 5. The van der Waals surface area contributed by atoms with Crippen molar-refractivity contribution in [3.05, 3.63) is 58.1 Å². The highest BCUT2D eigenvalue weighted by atomic mass is 35.5. The highest BCUT2D eigenvalue weighted by molar-refractivity contribution is 6.32. The molecule has 2 aromatic rings. The number of benzene rings is 2. The minimum absolute atomic E-state index is 0.0270. The number of hydrogen-bond donors (Lipinski definition) is 3. The Morgan fingerprint density at radius 3 is 2.46 bits per heavy atom. The fourth-order valence-corrected chi connectivity index (χ4v) is 5.91. The normalized spacial score (nSPS) is 25.9. The zero-order chi connectivity index (χ0) is 26.6. The average molecular weight is 525 g/mol. The van der Waals surface area contributed by atoms with Crippen LogP contribution in [-0.4, -0.2) is 42.2 Å². The smallest absolute Gasteiger partial charge is 0.338 e. The Labute approximate surface area is 217 Å². The maximum absolute atomic E-state index is 13.9. The molecular formula is C26H25ClN4O6. The van der Waals surface area contributed by atoms with Crippen LogP contribution in [0.25, 0.3) is 0 Å². The Hall–Kier alpha value is -3.76. The fourth-order valence-electron chi connectivity index (χ4n) is 5.75. The van der Waals surface area contributed by atoms with E-state index in [2.05, 4.69) is 10.6 Å². The van der Waals surface area contributed by atoms with Gasteiger partial charge in [0.25, 0.3) is 0 Å². The van der Waals surface area contributed by atoms with E-state index in [1.807, 2.05) is 0 Å². The predicted molar refractivity (Wildman–Crippen MR) is 134 cm³/mol. The zero-order valence-corrected chi connectivity index (χ0v) is 20.9. The quantitative estimate of drug-likeness (QED) is 0.386. The van der Waals surface area contributed by atoms with E-state index in [4.69, 9.17) is 22.1 Å². The van der Waals surface area contributed by atoms with Crippen LogP contribution in [0.15, 0.2) is 36.4 Å². The topological polar surface area (TPSA) is 148 Å². The van der Waals surface area contributed by atoms with Gasteiger partial charge in [-0.05, 0) is 56.2 Å². The number of nitrogens with one attached hydrogen (secondary N) is 2. The molecule has 0 bridgehead atoms. The van der Waals surface area contributed by atoms with E-state index >= 15 is 0 Å². The van der Waals surface area contributed by atoms with Crippen LogP contribution in [0.5, 0.6) is 0 Å². The van der Waals surface area contributed by atoms with Crippen LogP contribution in [0.3, 0.4) is 0 Å². The van der Waals surface area contributed by atoms with Gasteiger partial charge in [0, 0.05) is 23.0 Å². The van der Waals surface area contributed by atoms with E-state index in [9.17, 15) is 24.0 Å². The molecule has 0 aliphatic carbocycles. The average Bonchev–Trinajstić information content (AvgIpc) is 3.45.